The van der Waals surface area contributed by atoms with Crippen LogP contribution < -0.4 is 0 Å². The number of benzene rings is 15. The maximum atomic E-state index is 5.53. The second-order valence-electron chi connectivity index (χ2n) is 31.5. The molecule has 0 unspecified atom stereocenters. The first-order chi connectivity index (χ1) is 52.8. The largest absolute Gasteiger partial charge is 0.309 e. The predicted octanol–water partition coefficient (Wildman–Crippen LogP) is 26.1. The molecule has 19 aromatic rings. The van der Waals surface area contributed by atoms with Crippen molar-refractivity contribution in [1.29, 1.82) is 0 Å². The molecule has 0 spiro atoms. The van der Waals surface area contributed by atoms with Crippen molar-refractivity contribution in [2.45, 2.75) is 57.8 Å². The van der Waals surface area contributed by atoms with Gasteiger partial charge in [-0.25, -0.2) is 15.0 Å². The summed E-state index contributed by atoms with van der Waals surface area (Å²) in [6.45, 7) is 14.2. The van der Waals surface area contributed by atoms with Gasteiger partial charge in [0.25, 0.3) is 0 Å². The van der Waals surface area contributed by atoms with Crippen LogP contribution in [0.15, 0.2) is 328 Å². The zero-order chi connectivity index (χ0) is 72.1. The van der Waals surface area contributed by atoms with Crippen molar-refractivity contribution in [3.8, 4) is 118 Å². The van der Waals surface area contributed by atoms with Crippen LogP contribution in [0, 0.1) is 0 Å². The van der Waals surface area contributed by atoms with E-state index in [9.17, 15) is 0 Å². The van der Waals surface area contributed by atoms with Gasteiger partial charge in [-0.05, 0) is 191 Å². The van der Waals surface area contributed by atoms with Crippen molar-refractivity contribution in [3.63, 3.8) is 0 Å². The number of hydrogen-bond donors (Lipinski definition) is 0. The molecule has 6 nitrogen and oxygen atoms in total. The van der Waals surface area contributed by atoms with Crippen LogP contribution in [0.3, 0.4) is 0 Å². The third kappa shape index (κ3) is 9.10. The highest BCUT2D eigenvalue weighted by Gasteiger charge is 2.39. The Kier molecular flexibility index (Phi) is 13.1. The first-order valence-corrected chi connectivity index (χ1v) is 37.7. The van der Waals surface area contributed by atoms with Crippen LogP contribution >= 0.6 is 0 Å². The number of fused-ring (bicyclic) bond motifs is 18. The van der Waals surface area contributed by atoms with Crippen LogP contribution in [-0.2, 0) is 16.2 Å². The standard InChI is InChI=1S/C102H72N6/c1-100(2)85-34-13-7-28-73(85)76-49-43-70(58-88(76)100)106-91-37-16-10-31-79(91)82-46-40-64(55-94(82)106)61-22-19-25-67(52-61)97-103-98(68-26-20-23-62(53-68)65-41-47-83-80-32-11-17-38-92(80)107(95(83)56-65)71-44-50-77-74-29-8-14-35-86(74)101(3,4)89(77)59-71)105-99(104-97)69-27-21-24-63(54-69)66-42-48-84-81-33-12-18-39-93(81)108(96(84)57-66)72-45-51-78-75-30-9-15-36-87(75)102(5,6)90(78)60-72/h7-60H,1-6H3. The average molecular weight is 1380 g/mol. The molecule has 0 N–H and O–H groups in total. The summed E-state index contributed by atoms with van der Waals surface area (Å²) in [5.74, 6) is 1.76. The van der Waals surface area contributed by atoms with Crippen LogP contribution in [0.4, 0.5) is 0 Å². The van der Waals surface area contributed by atoms with Gasteiger partial charge < -0.3 is 13.7 Å². The molecule has 0 bridgehead atoms. The number of nitrogens with zero attached hydrogens (tertiary/aromatic N) is 6. The Bertz CT molecular complexity index is 6420. The highest BCUT2D eigenvalue weighted by molar-refractivity contribution is 6.13. The van der Waals surface area contributed by atoms with Gasteiger partial charge in [-0.2, -0.15) is 0 Å². The molecule has 0 atom stereocenters. The van der Waals surface area contributed by atoms with Crippen LogP contribution in [-0.4, -0.2) is 28.7 Å². The van der Waals surface area contributed by atoms with Crippen molar-refractivity contribution in [1.82, 2.24) is 28.7 Å². The topological polar surface area (TPSA) is 53.5 Å². The van der Waals surface area contributed by atoms with Gasteiger partial charge in [0.05, 0.1) is 33.1 Å². The minimum absolute atomic E-state index is 0.143. The van der Waals surface area contributed by atoms with E-state index < -0.39 is 0 Å². The van der Waals surface area contributed by atoms with Crippen molar-refractivity contribution >= 4 is 65.4 Å². The molecule has 0 saturated heterocycles. The second kappa shape index (κ2) is 22.9. The smallest absolute Gasteiger partial charge is 0.164 e. The van der Waals surface area contributed by atoms with E-state index in [4.69, 9.17) is 15.0 Å². The molecular weight excluding hydrogens is 1310 g/mol. The van der Waals surface area contributed by atoms with E-state index in [1.807, 2.05) is 0 Å². The third-order valence-electron chi connectivity index (χ3n) is 24.5. The molecular formula is C102H72N6. The summed E-state index contributed by atoms with van der Waals surface area (Å²) in [5.41, 5.74) is 35.2. The molecule has 0 amide bonds. The van der Waals surface area contributed by atoms with Crippen molar-refractivity contribution in [2.24, 2.45) is 0 Å². The molecule has 0 saturated carbocycles. The summed E-state index contributed by atoms with van der Waals surface area (Å²) < 4.78 is 7.38. The second-order valence-corrected chi connectivity index (χ2v) is 31.5. The lowest BCUT2D eigenvalue weighted by atomic mass is 9.82. The van der Waals surface area contributed by atoms with Crippen molar-refractivity contribution < 1.29 is 0 Å². The molecule has 0 aliphatic heterocycles. The van der Waals surface area contributed by atoms with E-state index >= 15 is 0 Å². The Morgan fingerprint density at radius 3 is 0.750 bits per heavy atom. The Morgan fingerprint density at radius 1 is 0.185 bits per heavy atom. The number of aromatic nitrogens is 6. The van der Waals surface area contributed by atoms with Gasteiger partial charge >= 0.3 is 0 Å². The van der Waals surface area contributed by atoms with Gasteiger partial charge in [-0.1, -0.05) is 278 Å². The van der Waals surface area contributed by atoms with E-state index in [-0.39, 0.29) is 16.2 Å². The zero-order valence-electron chi connectivity index (χ0n) is 60.9. The van der Waals surface area contributed by atoms with E-state index in [1.165, 1.54) is 116 Å². The van der Waals surface area contributed by atoms with Gasteiger partial charge in [0.2, 0.25) is 0 Å². The van der Waals surface area contributed by atoms with Crippen molar-refractivity contribution in [2.75, 3.05) is 0 Å². The molecule has 3 aliphatic carbocycles. The Hall–Kier alpha value is -13.3. The van der Waals surface area contributed by atoms with E-state index in [0.717, 1.165) is 83.7 Å². The molecule has 0 radical (unpaired) electrons. The summed E-state index contributed by atoms with van der Waals surface area (Å²) in [5, 5.41) is 7.28. The first kappa shape index (κ1) is 62.1. The molecule has 6 heteroatoms. The summed E-state index contributed by atoms with van der Waals surface area (Å²) in [4.78, 5) is 16.6. The van der Waals surface area contributed by atoms with E-state index in [2.05, 4.69) is 383 Å². The molecule has 4 heterocycles. The summed E-state index contributed by atoms with van der Waals surface area (Å²) >= 11 is 0. The summed E-state index contributed by atoms with van der Waals surface area (Å²) in [6.07, 6.45) is 0. The maximum absolute atomic E-state index is 5.53. The fourth-order valence-electron chi connectivity index (χ4n) is 19.1. The highest BCUT2D eigenvalue weighted by Crippen LogP contribution is 2.54. The van der Waals surface area contributed by atoms with Crippen molar-refractivity contribution in [3.05, 3.63) is 361 Å². The minimum atomic E-state index is -0.143. The van der Waals surface area contributed by atoms with Crippen LogP contribution in [0.2, 0.25) is 0 Å². The van der Waals surface area contributed by atoms with Gasteiger partial charge in [0.15, 0.2) is 17.5 Å². The monoisotopic (exact) mass is 1380 g/mol. The van der Waals surface area contributed by atoms with Gasteiger partial charge in [-0.3, -0.25) is 0 Å². The number of rotatable bonds is 9. The van der Waals surface area contributed by atoms with E-state index in [1.54, 1.807) is 0 Å². The summed E-state index contributed by atoms with van der Waals surface area (Å²) in [7, 11) is 0. The number of hydrogen-bond acceptors (Lipinski definition) is 3. The fraction of sp³-hybridized carbons (Fsp3) is 0.0882. The first-order valence-electron chi connectivity index (χ1n) is 37.7. The highest BCUT2D eigenvalue weighted by atomic mass is 15.0. The normalized spacial score (nSPS) is 14.1. The zero-order valence-corrected chi connectivity index (χ0v) is 60.9. The third-order valence-corrected chi connectivity index (χ3v) is 24.5. The Morgan fingerprint density at radius 2 is 0.435 bits per heavy atom. The molecule has 4 aromatic heterocycles. The summed E-state index contributed by atoms with van der Waals surface area (Å²) in [6, 6.07) is 121. The maximum Gasteiger partial charge on any atom is 0.164 e. The molecule has 0 fully saturated rings. The van der Waals surface area contributed by atoms with Crippen LogP contribution in [0.1, 0.15) is 74.9 Å². The average Bonchev–Trinajstić information content (AvgIpc) is 1.57. The Balaban J connectivity index is 0.680. The molecule has 3 aliphatic rings. The quantitative estimate of drug-likeness (QED) is 0.145. The lowest BCUT2D eigenvalue weighted by Crippen LogP contribution is -2.15. The fourth-order valence-corrected chi connectivity index (χ4v) is 19.1. The lowest BCUT2D eigenvalue weighted by molar-refractivity contribution is 0.660. The van der Waals surface area contributed by atoms with Crippen LogP contribution in [0.25, 0.3) is 183 Å². The van der Waals surface area contributed by atoms with Gasteiger partial charge in [0.1, 0.15) is 0 Å². The molecule has 22 rings (SSSR count). The Labute approximate surface area is 626 Å². The molecule has 15 aromatic carbocycles. The lowest BCUT2D eigenvalue weighted by Gasteiger charge is -2.22. The van der Waals surface area contributed by atoms with Crippen LogP contribution in [0.5, 0.6) is 0 Å². The predicted molar refractivity (Wildman–Crippen MR) is 448 cm³/mol. The minimum Gasteiger partial charge on any atom is -0.309 e. The molecule has 108 heavy (non-hydrogen) atoms. The molecule has 510 valence electrons. The van der Waals surface area contributed by atoms with E-state index in [0.29, 0.717) is 17.5 Å². The van der Waals surface area contributed by atoms with Gasteiger partial charge in [0, 0.05) is 82.3 Å². The SMILES string of the molecule is CC1(C)c2ccccc2-c2ccc(-n3c4ccccc4c4ccc(-c5cccc(-c6nc(-c7cccc(-c8ccc9c%10ccccc%10n(-c%10ccc%11c(c%10)C(C)(C)c%10ccccc%10-%11)c9c8)c7)nc(-c7cccc(-c8ccc9c%10ccccc%10n(-c%10ccc%11c(c%10)C(C)(C)c%10ccccc%10-%11)c9c8)c7)n6)c5)cc43)cc21. The van der Waals surface area contributed by atoms with Gasteiger partial charge in [-0.15, -0.1) is 0 Å². The number of para-hydroxylation sites is 3.